The fourth-order valence-corrected chi connectivity index (χ4v) is 5.08. The zero-order valence-corrected chi connectivity index (χ0v) is 19.7. The van der Waals surface area contributed by atoms with Gasteiger partial charge in [-0.2, -0.15) is 5.26 Å². The summed E-state index contributed by atoms with van der Waals surface area (Å²) < 4.78 is 21.9. The van der Waals surface area contributed by atoms with Gasteiger partial charge in [0, 0.05) is 41.3 Å². The third-order valence-electron chi connectivity index (χ3n) is 6.96. The first-order valence-corrected chi connectivity index (χ1v) is 11.9. The van der Waals surface area contributed by atoms with Crippen LogP contribution < -0.4 is 10.5 Å². The van der Waals surface area contributed by atoms with Crippen LogP contribution in [0.1, 0.15) is 69.7 Å². The molecule has 4 aromatic rings. The first kappa shape index (κ1) is 22.1. The number of ether oxygens (including phenoxy) is 1. The molecule has 1 aliphatic carbocycles. The van der Waals surface area contributed by atoms with Gasteiger partial charge in [0.15, 0.2) is 0 Å². The molecule has 0 atom stereocenters. The predicted molar refractivity (Wildman–Crippen MR) is 133 cm³/mol. The van der Waals surface area contributed by atoms with Gasteiger partial charge >= 0.3 is 0 Å². The number of primary amides is 1. The molecule has 6 rings (SSSR count). The van der Waals surface area contributed by atoms with E-state index in [1.807, 2.05) is 28.8 Å². The topological polar surface area (TPSA) is 93.4 Å². The molecule has 36 heavy (non-hydrogen) atoms. The smallest absolute Gasteiger partial charge is 0.252 e. The van der Waals surface area contributed by atoms with Gasteiger partial charge in [-0.05, 0) is 60.7 Å². The van der Waals surface area contributed by atoms with Crippen molar-refractivity contribution in [3.8, 4) is 11.8 Å². The molecule has 0 unspecified atom stereocenters. The minimum absolute atomic E-state index is 0.260. The third-order valence-corrected chi connectivity index (χ3v) is 6.96. The van der Waals surface area contributed by atoms with Gasteiger partial charge in [0.25, 0.3) is 5.91 Å². The van der Waals surface area contributed by atoms with Crippen molar-refractivity contribution in [2.45, 2.75) is 38.7 Å². The van der Waals surface area contributed by atoms with Crippen LogP contribution in [0.5, 0.6) is 5.75 Å². The van der Waals surface area contributed by atoms with E-state index in [1.165, 1.54) is 12.1 Å². The van der Waals surface area contributed by atoms with Crippen LogP contribution in [-0.4, -0.2) is 15.3 Å². The van der Waals surface area contributed by atoms with Crippen molar-refractivity contribution in [2.75, 3.05) is 0 Å². The number of imidazole rings is 1. The molecule has 1 aliphatic heterocycles. The maximum absolute atomic E-state index is 14.0. The van der Waals surface area contributed by atoms with E-state index in [1.54, 1.807) is 19.1 Å². The summed E-state index contributed by atoms with van der Waals surface area (Å²) in [6.07, 6.45) is 4.69. The highest BCUT2D eigenvalue weighted by Gasteiger charge is 2.31. The lowest BCUT2D eigenvalue weighted by Gasteiger charge is -2.13. The SMILES string of the molecule is C/C(C#N)=C1/c2ccc(Cc3c(C4CC4)nc4c(C(N)=O)cccn34)cc2COc2cc(F)ccc21. The number of carbonyl (C=O) groups excluding carboxylic acids is 1. The van der Waals surface area contributed by atoms with Gasteiger partial charge in [0.05, 0.1) is 23.0 Å². The number of hydrogen-bond acceptors (Lipinski definition) is 4. The van der Waals surface area contributed by atoms with Gasteiger partial charge in [0.2, 0.25) is 0 Å². The maximum Gasteiger partial charge on any atom is 0.252 e. The van der Waals surface area contributed by atoms with Gasteiger partial charge in [-0.25, -0.2) is 9.37 Å². The number of nitriles is 1. The van der Waals surface area contributed by atoms with Crippen LogP contribution in [-0.2, 0) is 13.0 Å². The largest absolute Gasteiger partial charge is 0.488 e. The van der Waals surface area contributed by atoms with E-state index in [-0.39, 0.29) is 12.4 Å². The molecule has 2 N–H and O–H groups in total. The Hall–Kier alpha value is -4.44. The fraction of sp³-hybridized carbons (Fsp3) is 0.207. The van der Waals surface area contributed by atoms with Gasteiger partial charge in [-0.3, -0.25) is 4.79 Å². The second-order valence-electron chi connectivity index (χ2n) is 9.41. The molecule has 0 saturated heterocycles. The Morgan fingerprint density at radius 2 is 2.03 bits per heavy atom. The lowest BCUT2D eigenvalue weighted by molar-refractivity contribution is 0.100. The molecular weight excluding hydrogens is 455 g/mol. The lowest BCUT2D eigenvalue weighted by Crippen LogP contribution is -2.12. The van der Waals surface area contributed by atoms with Crippen LogP contribution in [0.15, 0.2) is 60.3 Å². The van der Waals surface area contributed by atoms with Crippen LogP contribution in [0.3, 0.4) is 0 Å². The van der Waals surface area contributed by atoms with E-state index in [0.717, 1.165) is 46.5 Å². The van der Waals surface area contributed by atoms with E-state index in [9.17, 15) is 14.4 Å². The van der Waals surface area contributed by atoms with Crippen molar-refractivity contribution in [3.05, 3.63) is 105 Å². The summed E-state index contributed by atoms with van der Waals surface area (Å²) in [5.41, 5.74) is 13.5. The first-order chi connectivity index (χ1) is 17.4. The van der Waals surface area contributed by atoms with Crippen LogP contribution in [0.4, 0.5) is 4.39 Å². The molecule has 2 aromatic carbocycles. The Kier molecular flexibility index (Phi) is 5.11. The van der Waals surface area contributed by atoms with Crippen LogP contribution in [0.2, 0.25) is 0 Å². The molecule has 7 heteroatoms. The normalized spacial score (nSPS) is 15.9. The van der Waals surface area contributed by atoms with Crippen molar-refractivity contribution in [3.63, 3.8) is 0 Å². The highest BCUT2D eigenvalue weighted by atomic mass is 19.1. The number of carbonyl (C=O) groups is 1. The maximum atomic E-state index is 14.0. The second-order valence-corrected chi connectivity index (χ2v) is 9.41. The molecule has 0 bridgehead atoms. The summed E-state index contributed by atoms with van der Waals surface area (Å²) in [4.78, 5) is 16.8. The van der Waals surface area contributed by atoms with E-state index in [2.05, 4.69) is 12.1 Å². The third kappa shape index (κ3) is 3.62. The summed E-state index contributed by atoms with van der Waals surface area (Å²) >= 11 is 0. The quantitative estimate of drug-likeness (QED) is 0.404. The Morgan fingerprint density at radius 3 is 2.78 bits per heavy atom. The molecule has 1 fully saturated rings. The molecule has 0 spiro atoms. The number of hydrogen-bond donors (Lipinski definition) is 1. The van der Waals surface area contributed by atoms with Gasteiger partial charge in [0.1, 0.15) is 23.8 Å². The first-order valence-electron chi connectivity index (χ1n) is 11.9. The Bertz CT molecular complexity index is 1640. The van der Waals surface area contributed by atoms with Crippen LogP contribution in [0.25, 0.3) is 11.2 Å². The van der Waals surface area contributed by atoms with Gasteiger partial charge in [-0.1, -0.05) is 18.2 Å². The molecule has 1 saturated carbocycles. The van der Waals surface area contributed by atoms with Crippen LogP contribution in [0, 0.1) is 17.1 Å². The number of nitrogens with zero attached hydrogens (tertiary/aromatic N) is 3. The van der Waals surface area contributed by atoms with Crippen molar-refractivity contribution in [1.82, 2.24) is 9.38 Å². The number of amides is 1. The minimum Gasteiger partial charge on any atom is -0.488 e. The van der Waals surface area contributed by atoms with E-state index >= 15 is 0 Å². The molecule has 2 aromatic heterocycles. The number of aromatic nitrogens is 2. The van der Waals surface area contributed by atoms with E-state index in [0.29, 0.717) is 40.4 Å². The summed E-state index contributed by atoms with van der Waals surface area (Å²) in [5.74, 6) is -0.0640. The average Bonchev–Trinajstić information content (AvgIpc) is 3.67. The van der Waals surface area contributed by atoms with Gasteiger partial charge in [-0.15, -0.1) is 0 Å². The number of pyridine rings is 1. The van der Waals surface area contributed by atoms with E-state index < -0.39 is 5.91 Å². The number of halogens is 1. The molecular formula is C29H23FN4O2. The number of nitrogens with two attached hydrogens (primary N) is 1. The lowest BCUT2D eigenvalue weighted by atomic mass is 9.89. The molecule has 2 aliphatic rings. The monoisotopic (exact) mass is 478 g/mol. The Morgan fingerprint density at radius 1 is 1.22 bits per heavy atom. The predicted octanol–water partition coefficient (Wildman–Crippen LogP) is 5.28. The standard InChI is InChI=1S/C29H23FN4O2/c1-16(14-31)26-21-8-4-17(11-19(21)15-36-25-13-20(30)7-9-22(25)26)12-24-27(18-5-6-18)33-29-23(28(32)35)3-2-10-34(24)29/h2-4,7-11,13,18H,5-6,12,15H2,1H3,(H2,32,35)/b26-16+. The molecule has 178 valence electrons. The Labute approximate surface area is 207 Å². The summed E-state index contributed by atoms with van der Waals surface area (Å²) in [5, 5.41) is 9.70. The number of allylic oxidation sites excluding steroid dienone is 1. The zero-order valence-electron chi connectivity index (χ0n) is 19.7. The van der Waals surface area contributed by atoms with Crippen LogP contribution >= 0.6 is 0 Å². The minimum atomic E-state index is -0.496. The molecule has 0 radical (unpaired) electrons. The Balaban J connectivity index is 1.46. The number of benzene rings is 2. The van der Waals surface area contributed by atoms with Crippen molar-refractivity contribution in [1.29, 1.82) is 5.26 Å². The highest BCUT2D eigenvalue weighted by Crippen LogP contribution is 2.43. The summed E-state index contributed by atoms with van der Waals surface area (Å²) in [6, 6.07) is 16.3. The zero-order chi connectivity index (χ0) is 25.0. The van der Waals surface area contributed by atoms with E-state index in [4.69, 9.17) is 15.5 Å². The summed E-state index contributed by atoms with van der Waals surface area (Å²) in [6.45, 7) is 2.03. The second kappa shape index (κ2) is 8.35. The number of fused-ring (bicyclic) bond motifs is 3. The average molecular weight is 479 g/mol. The number of rotatable bonds is 4. The molecule has 3 heterocycles. The fourth-order valence-electron chi connectivity index (χ4n) is 5.08. The van der Waals surface area contributed by atoms with Crippen molar-refractivity contribution in [2.24, 2.45) is 5.73 Å². The highest BCUT2D eigenvalue weighted by molar-refractivity contribution is 5.98. The summed E-state index contributed by atoms with van der Waals surface area (Å²) in [7, 11) is 0. The van der Waals surface area contributed by atoms with Crippen molar-refractivity contribution < 1.29 is 13.9 Å². The van der Waals surface area contributed by atoms with Gasteiger partial charge < -0.3 is 14.9 Å². The molecule has 1 amide bonds. The molecule has 6 nitrogen and oxygen atoms in total. The van der Waals surface area contributed by atoms with Crippen molar-refractivity contribution >= 4 is 17.1 Å².